The normalized spacial score (nSPS) is 15.0. The van der Waals surface area contributed by atoms with Crippen LogP contribution in [0.25, 0.3) is 0 Å². The number of nitrogens with one attached hydrogen (secondary N) is 1. The Balaban J connectivity index is 1.82. The van der Waals surface area contributed by atoms with Crippen molar-refractivity contribution in [1.29, 1.82) is 0 Å². The maximum atomic E-state index is 13.0. The van der Waals surface area contributed by atoms with E-state index in [0.717, 1.165) is 24.0 Å². The smallest absolute Gasteiger partial charge is 0.235 e. The van der Waals surface area contributed by atoms with Gasteiger partial charge in [0.15, 0.2) is 0 Å². The molecule has 0 heterocycles. The summed E-state index contributed by atoms with van der Waals surface area (Å²) in [5.74, 6) is 2.18. The van der Waals surface area contributed by atoms with Crippen molar-refractivity contribution in [2.75, 3.05) is 5.32 Å². The van der Waals surface area contributed by atoms with Crippen molar-refractivity contribution < 1.29 is 9.18 Å². The van der Waals surface area contributed by atoms with E-state index in [0.29, 0.717) is 5.69 Å². The second kappa shape index (κ2) is 5.06. The molecule has 21 heavy (non-hydrogen) atoms. The van der Waals surface area contributed by atoms with E-state index in [1.807, 2.05) is 12.1 Å². The quantitative estimate of drug-likeness (QED) is 0.856. The number of carbonyl (C=O) groups is 1. The highest BCUT2D eigenvalue weighted by molar-refractivity contribution is 6.01. The van der Waals surface area contributed by atoms with E-state index in [2.05, 4.69) is 11.2 Å². The maximum absolute atomic E-state index is 13.0. The van der Waals surface area contributed by atoms with Crippen molar-refractivity contribution in [3.05, 3.63) is 65.5 Å². The predicted octanol–water partition coefficient (Wildman–Crippen LogP) is 3.48. The Morgan fingerprint density at radius 3 is 2.52 bits per heavy atom. The first-order valence-electron chi connectivity index (χ1n) is 6.78. The van der Waals surface area contributed by atoms with Gasteiger partial charge in [0.1, 0.15) is 5.82 Å². The number of rotatable bonds is 3. The van der Waals surface area contributed by atoms with Crippen LogP contribution in [-0.4, -0.2) is 5.91 Å². The number of benzene rings is 2. The van der Waals surface area contributed by atoms with Crippen LogP contribution >= 0.6 is 0 Å². The fourth-order valence-corrected chi connectivity index (χ4v) is 2.48. The minimum absolute atomic E-state index is 0.0664. The highest BCUT2D eigenvalue weighted by Gasteiger charge is 2.51. The van der Waals surface area contributed by atoms with Crippen LogP contribution in [0.2, 0.25) is 0 Å². The molecule has 104 valence electrons. The zero-order chi connectivity index (χ0) is 14.9. The van der Waals surface area contributed by atoms with Gasteiger partial charge in [-0.1, -0.05) is 24.1 Å². The summed E-state index contributed by atoms with van der Waals surface area (Å²) in [6, 6.07) is 13.3. The Morgan fingerprint density at radius 2 is 1.90 bits per heavy atom. The van der Waals surface area contributed by atoms with Crippen molar-refractivity contribution >= 4 is 11.6 Å². The van der Waals surface area contributed by atoms with Gasteiger partial charge in [-0.05, 0) is 48.7 Å². The van der Waals surface area contributed by atoms with Crippen LogP contribution in [-0.2, 0) is 10.2 Å². The molecule has 0 aromatic heterocycles. The highest BCUT2D eigenvalue weighted by atomic mass is 19.1. The highest BCUT2D eigenvalue weighted by Crippen LogP contribution is 2.49. The molecule has 1 aliphatic carbocycles. The summed E-state index contributed by atoms with van der Waals surface area (Å²) in [5, 5.41) is 2.90. The van der Waals surface area contributed by atoms with E-state index in [9.17, 15) is 9.18 Å². The second-order valence-corrected chi connectivity index (χ2v) is 5.27. The average Bonchev–Trinajstić information content (AvgIpc) is 3.30. The molecule has 0 bridgehead atoms. The second-order valence-electron chi connectivity index (χ2n) is 5.27. The average molecular weight is 279 g/mol. The van der Waals surface area contributed by atoms with E-state index in [-0.39, 0.29) is 11.7 Å². The van der Waals surface area contributed by atoms with Crippen molar-refractivity contribution in [2.24, 2.45) is 0 Å². The molecule has 2 nitrogen and oxygen atoms in total. The minimum atomic E-state index is -0.528. The lowest BCUT2D eigenvalue weighted by molar-refractivity contribution is -0.118. The fraction of sp³-hybridized carbons (Fsp3) is 0.167. The number of anilines is 1. The molecule has 3 rings (SSSR count). The maximum Gasteiger partial charge on any atom is 0.235 e. The number of hydrogen-bond acceptors (Lipinski definition) is 1. The number of terminal acetylenes is 1. The molecular weight excluding hydrogens is 265 g/mol. The first-order chi connectivity index (χ1) is 10.1. The Labute approximate surface area is 123 Å². The molecule has 0 spiro atoms. The van der Waals surface area contributed by atoms with Gasteiger partial charge in [-0.15, -0.1) is 6.42 Å². The first kappa shape index (κ1) is 13.4. The summed E-state index contributed by atoms with van der Waals surface area (Å²) in [5.41, 5.74) is 1.73. The van der Waals surface area contributed by atoms with Gasteiger partial charge in [0.05, 0.1) is 5.41 Å². The van der Waals surface area contributed by atoms with Gasteiger partial charge < -0.3 is 5.32 Å². The third-order valence-electron chi connectivity index (χ3n) is 3.87. The Kier molecular flexibility index (Phi) is 3.23. The van der Waals surface area contributed by atoms with Gasteiger partial charge in [0.25, 0.3) is 0 Å². The third-order valence-corrected chi connectivity index (χ3v) is 3.87. The SMILES string of the molecule is C#Cc1cccc(NC(=O)C2(c3ccc(F)cc3)CC2)c1. The zero-order valence-corrected chi connectivity index (χ0v) is 11.4. The molecule has 1 aliphatic rings. The monoisotopic (exact) mass is 279 g/mol. The third kappa shape index (κ3) is 2.53. The van der Waals surface area contributed by atoms with Crippen molar-refractivity contribution in [1.82, 2.24) is 0 Å². The molecule has 3 heteroatoms. The van der Waals surface area contributed by atoms with Crippen molar-refractivity contribution in [3.63, 3.8) is 0 Å². The van der Waals surface area contributed by atoms with Crippen LogP contribution in [0.1, 0.15) is 24.0 Å². The summed E-state index contributed by atoms with van der Waals surface area (Å²) in [7, 11) is 0. The molecule has 0 saturated heterocycles. The lowest BCUT2D eigenvalue weighted by Gasteiger charge is -2.16. The minimum Gasteiger partial charge on any atom is -0.325 e. The Hall–Kier alpha value is -2.60. The molecular formula is C18H14FNO. The molecule has 1 fully saturated rings. The molecule has 1 N–H and O–H groups in total. The van der Waals surface area contributed by atoms with Gasteiger partial charge in [-0.2, -0.15) is 0 Å². The number of carbonyl (C=O) groups excluding carboxylic acids is 1. The Morgan fingerprint density at radius 1 is 1.19 bits per heavy atom. The summed E-state index contributed by atoms with van der Waals surface area (Å²) in [6.07, 6.45) is 6.91. The summed E-state index contributed by atoms with van der Waals surface area (Å²) < 4.78 is 13.0. The van der Waals surface area contributed by atoms with Crippen LogP contribution < -0.4 is 5.32 Å². The molecule has 0 atom stereocenters. The van der Waals surface area contributed by atoms with Crippen molar-refractivity contribution in [3.8, 4) is 12.3 Å². The standard InChI is InChI=1S/C18H14FNO/c1-2-13-4-3-5-16(12-13)20-17(21)18(10-11-18)14-6-8-15(19)9-7-14/h1,3-9,12H,10-11H2,(H,20,21). The predicted molar refractivity (Wildman–Crippen MR) is 80.3 cm³/mol. The lowest BCUT2D eigenvalue weighted by Crippen LogP contribution is -2.27. The fourth-order valence-electron chi connectivity index (χ4n) is 2.48. The van der Waals surface area contributed by atoms with Crippen LogP contribution in [0.4, 0.5) is 10.1 Å². The zero-order valence-electron chi connectivity index (χ0n) is 11.4. The van der Waals surface area contributed by atoms with E-state index in [1.54, 1.807) is 24.3 Å². The molecule has 2 aromatic rings. The van der Waals surface area contributed by atoms with Crippen LogP contribution in [0.3, 0.4) is 0 Å². The largest absolute Gasteiger partial charge is 0.325 e. The molecule has 0 aliphatic heterocycles. The van der Waals surface area contributed by atoms with Gasteiger partial charge in [0, 0.05) is 11.3 Å². The summed E-state index contributed by atoms with van der Waals surface area (Å²) in [4.78, 5) is 12.5. The van der Waals surface area contributed by atoms with Crippen LogP contribution in [0.5, 0.6) is 0 Å². The summed E-state index contributed by atoms with van der Waals surface area (Å²) >= 11 is 0. The van der Waals surface area contributed by atoms with Gasteiger partial charge in [-0.3, -0.25) is 4.79 Å². The molecule has 1 saturated carbocycles. The Bertz CT molecular complexity index is 724. The topological polar surface area (TPSA) is 29.1 Å². The lowest BCUT2D eigenvalue weighted by atomic mass is 9.95. The molecule has 2 aromatic carbocycles. The molecule has 0 radical (unpaired) electrons. The van der Waals surface area contributed by atoms with E-state index >= 15 is 0 Å². The van der Waals surface area contributed by atoms with E-state index < -0.39 is 5.41 Å². The van der Waals surface area contributed by atoms with Gasteiger partial charge in [-0.25, -0.2) is 4.39 Å². The van der Waals surface area contributed by atoms with Gasteiger partial charge >= 0.3 is 0 Å². The van der Waals surface area contributed by atoms with Crippen LogP contribution in [0.15, 0.2) is 48.5 Å². The molecule has 0 unspecified atom stereocenters. The summed E-state index contributed by atoms with van der Waals surface area (Å²) in [6.45, 7) is 0. The van der Waals surface area contributed by atoms with Crippen molar-refractivity contribution in [2.45, 2.75) is 18.3 Å². The van der Waals surface area contributed by atoms with E-state index in [4.69, 9.17) is 6.42 Å². The van der Waals surface area contributed by atoms with Gasteiger partial charge in [0.2, 0.25) is 5.91 Å². The molecule has 1 amide bonds. The number of halogens is 1. The van der Waals surface area contributed by atoms with Crippen LogP contribution in [0, 0.1) is 18.2 Å². The first-order valence-corrected chi connectivity index (χ1v) is 6.78. The number of amides is 1. The van der Waals surface area contributed by atoms with E-state index in [1.165, 1.54) is 12.1 Å². The number of hydrogen-bond donors (Lipinski definition) is 1.